The Morgan fingerprint density at radius 1 is 0.683 bits per heavy atom. The van der Waals surface area contributed by atoms with Gasteiger partial charge in [0.05, 0.1) is 33.3 Å². The quantitative estimate of drug-likeness (QED) is 0.0930. The first-order chi connectivity index (χ1) is 19.6. The highest BCUT2D eigenvalue weighted by molar-refractivity contribution is 5.90. The maximum Gasteiger partial charge on any atom is 0.335 e. The standard InChI is InChI=1S/C29H60NO.C7H6O3/c1-6-8-10-12-14-15-17-18-20-24-28(25-22-23-27-30(3,4)5)29(31)26-21-19-16-13-11-9-7-2;8-6-4-2-1-3-5(6)7(9)10/h28H,6-27H2,1-5H3;1-4,8H,(H,9,10)/q+1;/p-1. The molecule has 0 saturated heterocycles. The van der Waals surface area contributed by atoms with E-state index in [4.69, 9.17) is 5.11 Å². The van der Waals surface area contributed by atoms with Crippen molar-refractivity contribution in [2.75, 3.05) is 27.7 Å². The lowest BCUT2D eigenvalue weighted by Crippen LogP contribution is -2.35. The van der Waals surface area contributed by atoms with E-state index in [1.54, 1.807) is 0 Å². The van der Waals surface area contributed by atoms with E-state index in [1.807, 2.05) is 0 Å². The number of ketones is 1. The second kappa shape index (κ2) is 25.8. The Labute approximate surface area is 253 Å². The Hall–Kier alpha value is -1.88. The van der Waals surface area contributed by atoms with Gasteiger partial charge in [-0.25, -0.2) is 4.79 Å². The van der Waals surface area contributed by atoms with Crippen LogP contribution in [0.15, 0.2) is 24.3 Å². The summed E-state index contributed by atoms with van der Waals surface area (Å²) in [7, 11) is 6.81. The van der Waals surface area contributed by atoms with E-state index in [0.29, 0.717) is 11.7 Å². The maximum absolute atomic E-state index is 12.9. The van der Waals surface area contributed by atoms with Gasteiger partial charge in [-0.1, -0.05) is 134 Å². The number of aromatic carboxylic acids is 1. The lowest BCUT2D eigenvalue weighted by atomic mass is 9.88. The number of Topliss-reactive ketones (excluding diaryl/α,β-unsaturated/α-hetero) is 1. The number of hydrogen-bond acceptors (Lipinski definition) is 3. The van der Waals surface area contributed by atoms with E-state index < -0.39 is 11.7 Å². The van der Waals surface area contributed by atoms with Gasteiger partial charge in [0.25, 0.3) is 0 Å². The summed E-state index contributed by atoms with van der Waals surface area (Å²) in [6, 6.07) is 5.54. The molecular formula is C36H65NO4. The van der Waals surface area contributed by atoms with E-state index in [0.717, 1.165) is 30.2 Å². The van der Waals surface area contributed by atoms with E-state index in [-0.39, 0.29) is 5.56 Å². The zero-order valence-electron chi connectivity index (χ0n) is 27.6. The molecule has 0 aliphatic carbocycles. The van der Waals surface area contributed by atoms with Crippen LogP contribution in [0.2, 0.25) is 0 Å². The highest BCUT2D eigenvalue weighted by Gasteiger charge is 2.18. The van der Waals surface area contributed by atoms with Crippen LogP contribution in [0, 0.1) is 5.92 Å². The second-order valence-corrected chi connectivity index (χ2v) is 13.0. The van der Waals surface area contributed by atoms with Gasteiger partial charge in [-0.15, -0.1) is 0 Å². The van der Waals surface area contributed by atoms with Crippen LogP contribution in [0.4, 0.5) is 0 Å². The molecule has 5 heteroatoms. The Morgan fingerprint density at radius 2 is 1.12 bits per heavy atom. The van der Waals surface area contributed by atoms with Gasteiger partial charge in [0, 0.05) is 12.3 Å². The van der Waals surface area contributed by atoms with E-state index >= 15 is 0 Å². The average Bonchev–Trinajstić information content (AvgIpc) is 2.92. The molecule has 0 heterocycles. The van der Waals surface area contributed by atoms with Crippen molar-refractivity contribution in [3.05, 3.63) is 29.8 Å². The zero-order chi connectivity index (χ0) is 30.8. The smallest absolute Gasteiger partial charge is 0.335 e. The zero-order valence-corrected chi connectivity index (χ0v) is 27.6. The minimum atomic E-state index is -1.18. The number of para-hydroxylation sites is 1. The Kier molecular flexibility index (Phi) is 24.6. The predicted molar refractivity (Wildman–Crippen MR) is 173 cm³/mol. The Balaban J connectivity index is 0.00000133. The number of quaternary nitrogens is 1. The Bertz CT molecular complexity index is 771. The molecule has 0 spiro atoms. The molecule has 1 unspecified atom stereocenters. The topological polar surface area (TPSA) is 77.4 Å². The van der Waals surface area contributed by atoms with Gasteiger partial charge in [-0.05, 0) is 38.2 Å². The summed E-state index contributed by atoms with van der Waals surface area (Å²) in [5.74, 6) is -0.698. The first-order valence-corrected chi connectivity index (χ1v) is 16.9. The summed E-state index contributed by atoms with van der Waals surface area (Å²) in [5.41, 5.74) is -0.178. The van der Waals surface area contributed by atoms with Crippen LogP contribution in [0.5, 0.6) is 5.75 Å². The van der Waals surface area contributed by atoms with Crippen molar-refractivity contribution in [3.63, 3.8) is 0 Å². The monoisotopic (exact) mass is 575 g/mol. The summed E-state index contributed by atoms with van der Waals surface area (Å²) in [6.45, 7) is 5.78. The van der Waals surface area contributed by atoms with Crippen molar-refractivity contribution in [2.45, 2.75) is 149 Å². The number of nitrogens with zero attached hydrogens (tertiary/aromatic N) is 1. The second-order valence-electron chi connectivity index (χ2n) is 13.0. The lowest BCUT2D eigenvalue weighted by molar-refractivity contribution is -0.870. The summed E-state index contributed by atoms with van der Waals surface area (Å²) < 4.78 is 1.04. The lowest BCUT2D eigenvalue weighted by Gasteiger charge is -2.24. The third-order valence-corrected chi connectivity index (χ3v) is 7.89. The fraction of sp³-hybridized carbons (Fsp3) is 0.778. The van der Waals surface area contributed by atoms with Gasteiger partial charge in [-0.2, -0.15) is 0 Å². The molecular weight excluding hydrogens is 510 g/mol. The summed E-state index contributed by atoms with van der Waals surface area (Å²) in [4.78, 5) is 23.2. The summed E-state index contributed by atoms with van der Waals surface area (Å²) >= 11 is 0. The molecule has 238 valence electrons. The third kappa shape index (κ3) is 24.4. The van der Waals surface area contributed by atoms with Crippen LogP contribution in [-0.4, -0.2) is 49.0 Å². The summed E-state index contributed by atoms with van der Waals surface area (Å²) in [6.07, 6.45) is 27.0. The number of carbonyl (C=O) groups excluding carboxylic acids is 1. The summed E-state index contributed by atoms with van der Waals surface area (Å²) in [5, 5.41) is 19.0. The Morgan fingerprint density at radius 3 is 1.56 bits per heavy atom. The molecule has 1 aromatic carbocycles. The molecule has 0 aromatic heterocycles. The molecule has 0 saturated carbocycles. The molecule has 0 radical (unpaired) electrons. The van der Waals surface area contributed by atoms with Gasteiger partial charge in [-0.3, -0.25) is 4.79 Å². The molecule has 0 amide bonds. The molecule has 0 fully saturated rings. The van der Waals surface area contributed by atoms with E-state index in [2.05, 4.69) is 35.0 Å². The molecule has 1 rings (SSSR count). The molecule has 41 heavy (non-hydrogen) atoms. The number of carboxylic acid groups (broad SMARTS) is 1. The normalized spacial score (nSPS) is 12.0. The fourth-order valence-electron chi connectivity index (χ4n) is 5.25. The van der Waals surface area contributed by atoms with Gasteiger partial charge in [0.15, 0.2) is 0 Å². The minimum absolute atomic E-state index is 0.178. The molecule has 0 bridgehead atoms. The molecule has 0 aliphatic rings. The van der Waals surface area contributed by atoms with Crippen LogP contribution in [-0.2, 0) is 4.79 Å². The van der Waals surface area contributed by atoms with Crippen LogP contribution in [0.1, 0.15) is 159 Å². The maximum atomic E-state index is 12.9. The highest BCUT2D eigenvalue weighted by Crippen LogP contribution is 2.22. The van der Waals surface area contributed by atoms with Gasteiger partial charge >= 0.3 is 5.97 Å². The van der Waals surface area contributed by atoms with Crippen LogP contribution >= 0.6 is 0 Å². The highest BCUT2D eigenvalue weighted by atomic mass is 16.4. The molecule has 1 N–H and O–H groups in total. The third-order valence-electron chi connectivity index (χ3n) is 7.89. The molecule has 1 aromatic rings. The molecule has 5 nitrogen and oxygen atoms in total. The minimum Gasteiger partial charge on any atom is -0.872 e. The first kappa shape index (κ1) is 39.1. The van der Waals surface area contributed by atoms with Crippen molar-refractivity contribution in [1.29, 1.82) is 0 Å². The molecule has 1 atom stereocenters. The number of carbonyl (C=O) groups is 2. The van der Waals surface area contributed by atoms with E-state index in [1.165, 1.54) is 140 Å². The number of unbranched alkanes of at least 4 members (excludes halogenated alkanes) is 15. The van der Waals surface area contributed by atoms with Crippen LogP contribution < -0.4 is 5.11 Å². The number of benzene rings is 1. The van der Waals surface area contributed by atoms with Crippen LogP contribution in [0.3, 0.4) is 0 Å². The van der Waals surface area contributed by atoms with Crippen LogP contribution in [0.25, 0.3) is 0 Å². The SMILES string of the molecule is CCCCCCCCCCCC(CCCC[N+](C)(C)C)C(=O)CCCCCCCCC.O=C(O)c1ccccc1[O-]. The predicted octanol–water partition coefficient (Wildman–Crippen LogP) is 9.57. The van der Waals surface area contributed by atoms with Crippen molar-refractivity contribution in [2.24, 2.45) is 5.92 Å². The van der Waals surface area contributed by atoms with Crippen molar-refractivity contribution >= 4 is 11.8 Å². The fourth-order valence-corrected chi connectivity index (χ4v) is 5.25. The van der Waals surface area contributed by atoms with Gasteiger partial charge < -0.3 is 14.7 Å². The van der Waals surface area contributed by atoms with Gasteiger partial charge in [0.1, 0.15) is 5.78 Å². The largest absolute Gasteiger partial charge is 0.872 e. The van der Waals surface area contributed by atoms with Crippen molar-refractivity contribution < 1.29 is 24.3 Å². The number of carboxylic acids is 1. The van der Waals surface area contributed by atoms with E-state index in [9.17, 15) is 14.7 Å². The van der Waals surface area contributed by atoms with Crippen molar-refractivity contribution in [1.82, 2.24) is 0 Å². The van der Waals surface area contributed by atoms with Crippen molar-refractivity contribution in [3.8, 4) is 5.75 Å². The first-order valence-electron chi connectivity index (χ1n) is 16.9. The molecule has 0 aliphatic heterocycles. The average molecular weight is 576 g/mol. The number of hydrogen-bond donors (Lipinski definition) is 1. The number of rotatable bonds is 25. The van der Waals surface area contributed by atoms with Gasteiger partial charge in [0.2, 0.25) is 0 Å².